The lowest BCUT2D eigenvalue weighted by Gasteiger charge is -2.13. The van der Waals surface area contributed by atoms with Gasteiger partial charge in [-0.2, -0.15) is 9.78 Å². The van der Waals surface area contributed by atoms with Gasteiger partial charge < -0.3 is 15.4 Å². The van der Waals surface area contributed by atoms with Gasteiger partial charge in [-0.3, -0.25) is 9.48 Å². The monoisotopic (exact) mass is 480 g/mol. The first-order valence-electron chi connectivity index (χ1n) is 8.77. The van der Waals surface area contributed by atoms with Gasteiger partial charge in [-0.1, -0.05) is 30.7 Å². The van der Waals surface area contributed by atoms with E-state index >= 15 is 0 Å². The third-order valence-corrected chi connectivity index (χ3v) is 5.13. The predicted octanol–water partition coefficient (Wildman–Crippen LogP) is 4.35. The van der Waals surface area contributed by atoms with E-state index in [2.05, 4.69) is 31.4 Å². The van der Waals surface area contributed by atoms with E-state index in [0.29, 0.717) is 34.0 Å². The standard InChI is InChI=1S/C18H18BrClN6O3/c1-3-15(25-11(2)8-16(22-25)26(28)29)18(27)21-17-14(19)10-24(23-17)9-12-4-6-13(20)7-5-12/h4-8,10,15H,3,9H2,1-2H3,(H,21,23,27). The van der Waals surface area contributed by atoms with Crippen molar-refractivity contribution in [2.75, 3.05) is 5.32 Å². The van der Waals surface area contributed by atoms with Crippen LogP contribution in [0, 0.1) is 17.0 Å². The molecule has 1 N–H and O–H groups in total. The van der Waals surface area contributed by atoms with E-state index in [1.165, 1.54) is 10.7 Å². The van der Waals surface area contributed by atoms with Gasteiger partial charge in [-0.25, -0.2) is 0 Å². The first kappa shape index (κ1) is 21.0. The Hall–Kier alpha value is -2.72. The number of benzene rings is 1. The summed E-state index contributed by atoms with van der Waals surface area (Å²) in [5.74, 6) is -0.282. The number of carbonyl (C=O) groups is 1. The Balaban J connectivity index is 1.76. The highest BCUT2D eigenvalue weighted by molar-refractivity contribution is 9.10. The van der Waals surface area contributed by atoms with Crippen LogP contribution in [0.3, 0.4) is 0 Å². The van der Waals surface area contributed by atoms with E-state index in [1.807, 2.05) is 19.1 Å². The largest absolute Gasteiger partial charge is 0.390 e. The summed E-state index contributed by atoms with van der Waals surface area (Å²) in [6.07, 6.45) is 2.17. The Morgan fingerprint density at radius 3 is 2.62 bits per heavy atom. The second-order valence-corrected chi connectivity index (χ2v) is 7.70. The van der Waals surface area contributed by atoms with Crippen molar-refractivity contribution in [2.24, 2.45) is 0 Å². The number of carbonyl (C=O) groups excluding carboxylic acids is 1. The average molecular weight is 482 g/mol. The second kappa shape index (κ2) is 8.75. The van der Waals surface area contributed by atoms with E-state index in [1.54, 1.807) is 29.9 Å². The van der Waals surface area contributed by atoms with Crippen LogP contribution in [0.15, 0.2) is 41.0 Å². The molecule has 0 saturated heterocycles. The fourth-order valence-electron chi connectivity index (χ4n) is 2.88. The second-order valence-electron chi connectivity index (χ2n) is 6.41. The summed E-state index contributed by atoms with van der Waals surface area (Å²) in [6.45, 7) is 3.99. The lowest BCUT2D eigenvalue weighted by molar-refractivity contribution is -0.389. The zero-order valence-electron chi connectivity index (χ0n) is 15.7. The zero-order valence-corrected chi connectivity index (χ0v) is 18.0. The van der Waals surface area contributed by atoms with E-state index in [0.717, 1.165) is 5.56 Å². The number of nitrogens with zero attached hydrogens (tertiary/aromatic N) is 5. The van der Waals surface area contributed by atoms with Gasteiger partial charge >= 0.3 is 5.82 Å². The Morgan fingerprint density at radius 2 is 2.03 bits per heavy atom. The number of hydrogen-bond acceptors (Lipinski definition) is 5. The van der Waals surface area contributed by atoms with Gasteiger partial charge in [0.05, 0.1) is 27.9 Å². The smallest absolute Gasteiger partial charge is 0.358 e. The van der Waals surface area contributed by atoms with E-state index in [9.17, 15) is 14.9 Å². The number of aromatic nitrogens is 4. The summed E-state index contributed by atoms with van der Waals surface area (Å²) in [6, 6.07) is 8.04. The van der Waals surface area contributed by atoms with Gasteiger partial charge in [-0.15, -0.1) is 0 Å². The number of anilines is 1. The first-order chi connectivity index (χ1) is 13.8. The van der Waals surface area contributed by atoms with E-state index in [-0.39, 0.29) is 11.7 Å². The highest BCUT2D eigenvalue weighted by atomic mass is 79.9. The van der Waals surface area contributed by atoms with Crippen LogP contribution in [-0.2, 0) is 11.3 Å². The molecule has 152 valence electrons. The number of hydrogen-bond donors (Lipinski definition) is 1. The zero-order chi connectivity index (χ0) is 21.1. The topological polar surface area (TPSA) is 108 Å². The van der Waals surface area contributed by atoms with Gasteiger partial charge in [0.2, 0.25) is 0 Å². The molecule has 2 heterocycles. The third-order valence-electron chi connectivity index (χ3n) is 4.30. The third kappa shape index (κ3) is 4.83. The molecule has 3 rings (SSSR count). The average Bonchev–Trinajstić information content (AvgIpc) is 3.21. The Morgan fingerprint density at radius 1 is 1.34 bits per heavy atom. The number of amides is 1. The molecule has 1 unspecified atom stereocenters. The van der Waals surface area contributed by atoms with Crippen molar-refractivity contribution in [3.05, 3.63) is 67.4 Å². The molecule has 0 spiro atoms. The fourth-order valence-corrected chi connectivity index (χ4v) is 3.43. The molecule has 1 amide bonds. The number of halogens is 2. The molecule has 0 bridgehead atoms. The van der Waals surface area contributed by atoms with Crippen molar-refractivity contribution in [3.63, 3.8) is 0 Å². The molecule has 0 aliphatic rings. The maximum Gasteiger partial charge on any atom is 0.390 e. The Kier molecular flexibility index (Phi) is 6.33. The van der Waals surface area contributed by atoms with Crippen molar-refractivity contribution < 1.29 is 9.72 Å². The number of nitro groups is 1. The quantitative estimate of drug-likeness (QED) is 0.399. The highest BCUT2D eigenvalue weighted by Crippen LogP contribution is 2.24. The molecule has 1 aromatic carbocycles. The van der Waals surface area contributed by atoms with Crippen LogP contribution in [0.25, 0.3) is 0 Å². The summed E-state index contributed by atoms with van der Waals surface area (Å²) >= 11 is 9.31. The highest BCUT2D eigenvalue weighted by Gasteiger charge is 2.28. The molecule has 0 saturated carbocycles. The van der Waals surface area contributed by atoms with Gasteiger partial charge in [0, 0.05) is 11.2 Å². The maximum absolute atomic E-state index is 12.8. The fraction of sp³-hybridized carbons (Fsp3) is 0.278. The van der Waals surface area contributed by atoms with Crippen LogP contribution in [0.4, 0.5) is 11.6 Å². The van der Waals surface area contributed by atoms with Crippen molar-refractivity contribution in [3.8, 4) is 0 Å². The summed E-state index contributed by atoms with van der Waals surface area (Å²) < 4.78 is 3.68. The maximum atomic E-state index is 12.8. The van der Waals surface area contributed by atoms with Crippen LogP contribution in [0.1, 0.15) is 30.6 Å². The molecule has 29 heavy (non-hydrogen) atoms. The van der Waals surface area contributed by atoms with E-state index < -0.39 is 11.0 Å². The first-order valence-corrected chi connectivity index (χ1v) is 9.94. The summed E-state index contributed by atoms with van der Waals surface area (Å²) in [7, 11) is 0. The van der Waals surface area contributed by atoms with Crippen molar-refractivity contribution in [2.45, 2.75) is 32.9 Å². The van der Waals surface area contributed by atoms with Gasteiger partial charge in [0.25, 0.3) is 5.91 Å². The van der Waals surface area contributed by atoms with Gasteiger partial charge in [-0.05, 0) is 51.9 Å². The lowest BCUT2D eigenvalue weighted by atomic mass is 10.2. The van der Waals surface area contributed by atoms with E-state index in [4.69, 9.17) is 11.6 Å². The van der Waals surface area contributed by atoms with Gasteiger partial charge in [0.1, 0.15) is 0 Å². The molecule has 0 fully saturated rings. The van der Waals surface area contributed by atoms with Gasteiger partial charge in [0.15, 0.2) is 11.9 Å². The molecule has 9 nitrogen and oxygen atoms in total. The molecule has 0 radical (unpaired) electrons. The summed E-state index contributed by atoms with van der Waals surface area (Å²) in [4.78, 5) is 23.2. The molecular formula is C18H18BrClN6O3. The number of aryl methyl sites for hydroxylation is 1. The lowest BCUT2D eigenvalue weighted by Crippen LogP contribution is -2.27. The van der Waals surface area contributed by atoms with Crippen LogP contribution in [0.2, 0.25) is 5.02 Å². The molecule has 2 aromatic heterocycles. The van der Waals surface area contributed by atoms with Crippen molar-refractivity contribution in [1.82, 2.24) is 19.6 Å². The van der Waals surface area contributed by atoms with Crippen LogP contribution in [0.5, 0.6) is 0 Å². The summed E-state index contributed by atoms with van der Waals surface area (Å²) in [5, 5.41) is 22.7. The van der Waals surface area contributed by atoms with Crippen molar-refractivity contribution >= 4 is 45.1 Å². The normalized spacial score (nSPS) is 12.0. The predicted molar refractivity (Wildman–Crippen MR) is 112 cm³/mol. The minimum atomic E-state index is -0.697. The van der Waals surface area contributed by atoms with Crippen LogP contribution < -0.4 is 5.32 Å². The molecule has 0 aliphatic heterocycles. The number of rotatable bonds is 7. The molecule has 11 heteroatoms. The Bertz CT molecular complexity index is 1050. The van der Waals surface area contributed by atoms with Crippen molar-refractivity contribution in [1.29, 1.82) is 0 Å². The molecule has 0 aliphatic carbocycles. The minimum Gasteiger partial charge on any atom is -0.358 e. The molecule has 3 aromatic rings. The molecule has 1 atom stereocenters. The summed E-state index contributed by atoms with van der Waals surface area (Å²) in [5.41, 5.74) is 1.54. The van der Waals surface area contributed by atoms with Crippen LogP contribution in [-0.4, -0.2) is 30.4 Å². The number of nitrogens with one attached hydrogen (secondary N) is 1. The SMILES string of the molecule is CCC(C(=O)Nc1nn(Cc2ccc(Cl)cc2)cc1Br)n1nc([N+](=O)[O-])cc1C. The Labute approximate surface area is 179 Å². The minimum absolute atomic E-state index is 0.290. The molecular weight excluding hydrogens is 464 g/mol. The van der Waals surface area contributed by atoms with Crippen LogP contribution >= 0.6 is 27.5 Å².